The Morgan fingerprint density at radius 3 is 2.53 bits per heavy atom. The van der Waals surface area contributed by atoms with Crippen LogP contribution in [-0.4, -0.2) is 36.1 Å². The van der Waals surface area contributed by atoms with Crippen LogP contribution in [0.4, 0.5) is 11.9 Å². The van der Waals surface area contributed by atoms with E-state index >= 15 is 0 Å². The fourth-order valence-corrected chi connectivity index (χ4v) is 2.20. The van der Waals surface area contributed by atoms with Crippen molar-refractivity contribution >= 4 is 34.8 Å². The van der Waals surface area contributed by atoms with Crippen molar-refractivity contribution in [3.05, 3.63) is 16.5 Å². The summed E-state index contributed by atoms with van der Waals surface area (Å²) in [5.74, 6) is 1.79. The molecule has 0 spiro atoms. The minimum Gasteiger partial charge on any atom is -0.357 e. The molecule has 0 aliphatic rings. The summed E-state index contributed by atoms with van der Waals surface area (Å²) < 4.78 is 0.720. The van der Waals surface area contributed by atoms with Crippen LogP contribution in [0.15, 0.2) is 12.1 Å². The average Bonchev–Trinajstić information content (AvgIpc) is 2.75. The first-order valence-electron chi connectivity index (χ1n) is 4.97. The first-order chi connectivity index (χ1) is 8.10. The predicted octanol–water partition coefficient (Wildman–Crippen LogP) is 2.36. The monoisotopic (exact) mass is 269 g/mol. The van der Waals surface area contributed by atoms with E-state index in [0.29, 0.717) is 17.7 Å². The molecule has 0 aliphatic carbocycles. The summed E-state index contributed by atoms with van der Waals surface area (Å²) in [6, 6.07) is 3.74. The van der Waals surface area contributed by atoms with E-state index in [0.717, 1.165) is 9.21 Å². The molecule has 5 nitrogen and oxygen atoms in total. The molecular formula is C10H12ClN5S. The molecular weight excluding hydrogens is 258 g/mol. The summed E-state index contributed by atoms with van der Waals surface area (Å²) in [5, 5.41) is 2.92. The minimum atomic E-state index is 0.545. The Balaban J connectivity index is 2.49. The second-order valence-electron chi connectivity index (χ2n) is 3.53. The summed E-state index contributed by atoms with van der Waals surface area (Å²) in [5.41, 5.74) is 0. The van der Waals surface area contributed by atoms with Crippen LogP contribution < -0.4 is 10.2 Å². The van der Waals surface area contributed by atoms with E-state index in [1.807, 2.05) is 31.1 Å². The number of nitrogens with one attached hydrogen (secondary N) is 1. The van der Waals surface area contributed by atoms with Crippen LogP contribution in [0.3, 0.4) is 0 Å². The molecule has 2 heterocycles. The van der Waals surface area contributed by atoms with Crippen LogP contribution in [0.25, 0.3) is 10.7 Å². The first-order valence-corrected chi connectivity index (χ1v) is 6.16. The molecule has 1 N–H and O–H groups in total. The lowest BCUT2D eigenvalue weighted by Crippen LogP contribution is -2.15. The van der Waals surface area contributed by atoms with E-state index in [4.69, 9.17) is 11.6 Å². The zero-order valence-electron chi connectivity index (χ0n) is 9.73. The van der Waals surface area contributed by atoms with Gasteiger partial charge in [0.15, 0.2) is 5.82 Å². The second-order valence-corrected chi connectivity index (χ2v) is 5.25. The first kappa shape index (κ1) is 12.1. The summed E-state index contributed by atoms with van der Waals surface area (Å²) in [7, 11) is 5.56. The van der Waals surface area contributed by atoms with E-state index in [9.17, 15) is 0 Å². The van der Waals surface area contributed by atoms with E-state index < -0.39 is 0 Å². The van der Waals surface area contributed by atoms with Crippen LogP contribution in [0.2, 0.25) is 4.34 Å². The highest BCUT2D eigenvalue weighted by Gasteiger charge is 2.10. The molecule has 2 rings (SSSR count). The number of thiophene rings is 1. The van der Waals surface area contributed by atoms with Gasteiger partial charge in [-0.05, 0) is 12.1 Å². The van der Waals surface area contributed by atoms with Gasteiger partial charge in [0.2, 0.25) is 11.9 Å². The van der Waals surface area contributed by atoms with Gasteiger partial charge in [-0.15, -0.1) is 11.3 Å². The molecule has 2 aromatic heterocycles. The molecule has 0 saturated heterocycles. The molecule has 2 aromatic rings. The second kappa shape index (κ2) is 4.85. The van der Waals surface area contributed by atoms with Gasteiger partial charge in [0, 0.05) is 21.1 Å². The van der Waals surface area contributed by atoms with Gasteiger partial charge in [0.05, 0.1) is 9.21 Å². The van der Waals surface area contributed by atoms with Crippen molar-refractivity contribution in [2.45, 2.75) is 0 Å². The van der Waals surface area contributed by atoms with Crippen molar-refractivity contribution in [1.29, 1.82) is 0 Å². The SMILES string of the molecule is CNc1nc(-c2ccc(Cl)s2)nc(N(C)C)n1. The largest absolute Gasteiger partial charge is 0.357 e. The summed E-state index contributed by atoms with van der Waals surface area (Å²) >= 11 is 7.35. The number of aromatic nitrogens is 3. The Bertz CT molecular complexity index is 525. The lowest BCUT2D eigenvalue weighted by Gasteiger charge is -2.11. The highest BCUT2D eigenvalue weighted by atomic mass is 35.5. The number of rotatable bonds is 3. The number of anilines is 2. The lowest BCUT2D eigenvalue weighted by atomic mass is 10.4. The zero-order valence-corrected chi connectivity index (χ0v) is 11.3. The highest BCUT2D eigenvalue weighted by Crippen LogP contribution is 2.29. The van der Waals surface area contributed by atoms with Crippen molar-refractivity contribution in [1.82, 2.24) is 15.0 Å². The Morgan fingerprint density at radius 2 is 2.00 bits per heavy atom. The Hall–Kier alpha value is -1.40. The Kier molecular flexibility index (Phi) is 3.44. The van der Waals surface area contributed by atoms with Crippen LogP contribution in [0.1, 0.15) is 0 Å². The lowest BCUT2D eigenvalue weighted by molar-refractivity contribution is 0.965. The van der Waals surface area contributed by atoms with Crippen molar-refractivity contribution in [3.63, 3.8) is 0 Å². The van der Waals surface area contributed by atoms with Gasteiger partial charge in [0.25, 0.3) is 0 Å². The van der Waals surface area contributed by atoms with Crippen molar-refractivity contribution in [3.8, 4) is 10.7 Å². The van der Waals surface area contributed by atoms with Crippen molar-refractivity contribution in [2.24, 2.45) is 0 Å². The number of hydrogen-bond acceptors (Lipinski definition) is 6. The number of halogens is 1. The third-order valence-electron chi connectivity index (χ3n) is 2.04. The molecule has 17 heavy (non-hydrogen) atoms. The predicted molar refractivity (Wildman–Crippen MR) is 72.0 cm³/mol. The van der Waals surface area contributed by atoms with E-state index in [2.05, 4.69) is 20.3 Å². The smallest absolute Gasteiger partial charge is 0.230 e. The molecule has 0 atom stereocenters. The average molecular weight is 270 g/mol. The Morgan fingerprint density at radius 1 is 1.24 bits per heavy atom. The third kappa shape index (κ3) is 2.65. The maximum absolute atomic E-state index is 5.91. The van der Waals surface area contributed by atoms with E-state index in [1.54, 1.807) is 7.05 Å². The molecule has 0 bridgehead atoms. The zero-order chi connectivity index (χ0) is 12.4. The van der Waals surface area contributed by atoms with Gasteiger partial charge in [0.1, 0.15) is 0 Å². The fourth-order valence-electron chi connectivity index (χ4n) is 1.22. The van der Waals surface area contributed by atoms with Crippen molar-refractivity contribution in [2.75, 3.05) is 31.4 Å². The number of nitrogens with zero attached hydrogens (tertiary/aromatic N) is 4. The van der Waals surface area contributed by atoms with Crippen LogP contribution in [0, 0.1) is 0 Å². The molecule has 0 unspecified atom stereocenters. The third-order valence-corrected chi connectivity index (χ3v) is 3.27. The van der Waals surface area contributed by atoms with Gasteiger partial charge in [-0.25, -0.2) is 0 Å². The molecule has 7 heteroatoms. The molecule has 90 valence electrons. The van der Waals surface area contributed by atoms with Gasteiger partial charge >= 0.3 is 0 Å². The van der Waals surface area contributed by atoms with Gasteiger partial charge in [-0.2, -0.15) is 15.0 Å². The van der Waals surface area contributed by atoms with E-state index in [-0.39, 0.29) is 0 Å². The van der Waals surface area contributed by atoms with Gasteiger partial charge in [-0.3, -0.25) is 0 Å². The van der Waals surface area contributed by atoms with E-state index in [1.165, 1.54) is 11.3 Å². The standard InChI is InChI=1S/C10H12ClN5S/c1-12-9-13-8(6-4-5-7(11)17-6)14-10(15-9)16(2)3/h4-5H,1-3H3,(H,12,13,14,15). The molecule has 0 aliphatic heterocycles. The fraction of sp³-hybridized carbons (Fsp3) is 0.300. The van der Waals surface area contributed by atoms with Crippen molar-refractivity contribution < 1.29 is 0 Å². The maximum Gasteiger partial charge on any atom is 0.230 e. The summed E-state index contributed by atoms with van der Waals surface area (Å²) in [6.45, 7) is 0. The molecule has 0 saturated carbocycles. The molecule has 0 aromatic carbocycles. The highest BCUT2D eigenvalue weighted by molar-refractivity contribution is 7.19. The molecule has 0 radical (unpaired) electrons. The topological polar surface area (TPSA) is 53.9 Å². The van der Waals surface area contributed by atoms with Gasteiger partial charge in [-0.1, -0.05) is 11.6 Å². The summed E-state index contributed by atoms with van der Waals surface area (Å²) in [6.07, 6.45) is 0. The quantitative estimate of drug-likeness (QED) is 0.927. The molecule has 0 fully saturated rings. The van der Waals surface area contributed by atoms with Crippen LogP contribution in [0.5, 0.6) is 0 Å². The number of hydrogen-bond donors (Lipinski definition) is 1. The van der Waals surface area contributed by atoms with Crippen LogP contribution >= 0.6 is 22.9 Å². The minimum absolute atomic E-state index is 0.545. The summed E-state index contributed by atoms with van der Waals surface area (Å²) in [4.78, 5) is 15.7. The maximum atomic E-state index is 5.91. The molecule has 0 amide bonds. The normalized spacial score (nSPS) is 10.4. The van der Waals surface area contributed by atoms with Crippen LogP contribution in [-0.2, 0) is 0 Å². The van der Waals surface area contributed by atoms with Gasteiger partial charge < -0.3 is 10.2 Å². The Labute approximate surface area is 108 Å².